The van der Waals surface area contributed by atoms with E-state index in [9.17, 15) is 29.4 Å². The molecule has 32 heavy (non-hydrogen) atoms. The summed E-state index contributed by atoms with van der Waals surface area (Å²) in [5.41, 5.74) is 0. The molecule has 0 bridgehead atoms. The molecule has 0 aliphatic carbocycles. The van der Waals surface area contributed by atoms with Crippen LogP contribution in [0.5, 0.6) is 0 Å². The molecule has 0 aromatic carbocycles. The highest BCUT2D eigenvalue weighted by Crippen LogP contribution is 2.02. The Morgan fingerprint density at radius 3 is 1.38 bits per heavy atom. The zero-order valence-corrected chi connectivity index (χ0v) is 18.9. The van der Waals surface area contributed by atoms with Gasteiger partial charge in [0.05, 0.1) is 19.6 Å². The number of hydrogen-bond donors (Lipinski definition) is 4. The lowest BCUT2D eigenvalue weighted by atomic mass is 10.2. The van der Waals surface area contributed by atoms with Gasteiger partial charge in [0.25, 0.3) is 0 Å². The summed E-state index contributed by atoms with van der Waals surface area (Å²) in [6.45, 7) is 4.48. The van der Waals surface area contributed by atoms with Gasteiger partial charge in [-0.2, -0.15) is 0 Å². The summed E-state index contributed by atoms with van der Waals surface area (Å²) in [7, 11) is 0. The summed E-state index contributed by atoms with van der Waals surface area (Å²) < 4.78 is 0. The predicted molar refractivity (Wildman–Crippen MR) is 117 cm³/mol. The molecular weight excluding hydrogens is 422 g/mol. The maximum absolute atomic E-state index is 12.7. The van der Waals surface area contributed by atoms with Crippen molar-refractivity contribution in [3.05, 3.63) is 0 Å². The highest BCUT2D eigenvalue weighted by Gasteiger charge is 2.21. The number of carbonyl (C=O) groups excluding carboxylic acids is 1. The molecule has 0 spiro atoms. The van der Waals surface area contributed by atoms with Gasteiger partial charge in [-0.3, -0.25) is 29.1 Å². The molecule has 2 amide bonds. The normalized spacial score (nSPS) is 17.8. The van der Waals surface area contributed by atoms with Crippen molar-refractivity contribution in [1.82, 2.24) is 24.9 Å². The first kappa shape index (κ1) is 27.6. The van der Waals surface area contributed by atoms with Crippen LogP contribution in [0.15, 0.2) is 0 Å². The largest absolute Gasteiger partial charge is 0.480 e. The molecule has 12 nitrogen and oxygen atoms in total. The van der Waals surface area contributed by atoms with E-state index in [0.717, 1.165) is 19.3 Å². The van der Waals surface area contributed by atoms with Gasteiger partial charge in [0.2, 0.25) is 0 Å². The zero-order chi connectivity index (χ0) is 23.9. The maximum Gasteiger partial charge on any atom is 0.317 e. The summed E-state index contributed by atoms with van der Waals surface area (Å²) in [5.74, 6) is -2.99. The highest BCUT2D eigenvalue weighted by molar-refractivity contribution is 5.74. The topological polar surface area (TPSA) is 154 Å². The van der Waals surface area contributed by atoms with Crippen LogP contribution < -0.4 is 5.32 Å². The first-order chi connectivity index (χ1) is 15.2. The summed E-state index contributed by atoms with van der Waals surface area (Å²) in [4.78, 5) is 53.0. The monoisotopic (exact) mass is 459 g/mol. The Balaban J connectivity index is 2.91. The van der Waals surface area contributed by atoms with E-state index in [1.807, 2.05) is 0 Å². The number of urea groups is 1. The predicted octanol–water partition coefficient (Wildman–Crippen LogP) is -0.638. The number of hydrogen-bond acceptors (Lipinski definition) is 7. The first-order valence-corrected chi connectivity index (χ1v) is 11.1. The van der Waals surface area contributed by atoms with E-state index >= 15 is 0 Å². The van der Waals surface area contributed by atoms with Crippen molar-refractivity contribution in [1.29, 1.82) is 0 Å². The van der Waals surface area contributed by atoms with Gasteiger partial charge in [-0.25, -0.2) is 4.79 Å². The van der Waals surface area contributed by atoms with Crippen molar-refractivity contribution in [3.8, 4) is 0 Å². The molecule has 1 rings (SSSR count). The van der Waals surface area contributed by atoms with E-state index in [1.165, 1.54) is 0 Å². The van der Waals surface area contributed by atoms with Gasteiger partial charge in [0.15, 0.2) is 0 Å². The molecule has 1 saturated heterocycles. The van der Waals surface area contributed by atoms with E-state index in [-0.39, 0.29) is 38.8 Å². The molecular formula is C20H37N5O7. The van der Waals surface area contributed by atoms with Crippen LogP contribution in [-0.2, 0) is 14.4 Å². The Kier molecular flexibility index (Phi) is 13.3. The van der Waals surface area contributed by atoms with Crippen LogP contribution in [0.3, 0.4) is 0 Å². The molecule has 1 fully saturated rings. The molecule has 1 heterocycles. The first-order valence-electron chi connectivity index (χ1n) is 11.1. The Hall–Kier alpha value is -2.44. The molecule has 1 aliphatic rings. The molecule has 12 heteroatoms. The quantitative estimate of drug-likeness (QED) is 0.310. The number of carboxylic acid groups (broad SMARTS) is 3. The minimum absolute atomic E-state index is 0.210. The third-order valence-corrected chi connectivity index (χ3v) is 5.26. The summed E-state index contributed by atoms with van der Waals surface area (Å²) in [6.07, 6.45) is 2.91. The Morgan fingerprint density at radius 2 is 1.03 bits per heavy atom. The highest BCUT2D eigenvalue weighted by atomic mass is 16.4. The number of nitrogens with one attached hydrogen (secondary N) is 1. The fourth-order valence-electron chi connectivity index (χ4n) is 3.47. The van der Waals surface area contributed by atoms with Crippen LogP contribution in [0.25, 0.3) is 0 Å². The zero-order valence-electron chi connectivity index (χ0n) is 18.9. The molecule has 0 aromatic rings. The molecule has 0 saturated carbocycles. The molecule has 0 unspecified atom stereocenters. The summed E-state index contributed by atoms with van der Waals surface area (Å²) in [5, 5.41) is 30.5. The smallest absolute Gasteiger partial charge is 0.317 e. The molecule has 184 valence electrons. The van der Waals surface area contributed by atoms with Gasteiger partial charge in [0, 0.05) is 58.9 Å². The van der Waals surface area contributed by atoms with E-state index in [2.05, 4.69) is 12.2 Å². The number of aliphatic carboxylic acids is 3. The number of nitrogens with zero attached hydrogens (tertiary/aromatic N) is 4. The van der Waals surface area contributed by atoms with Crippen molar-refractivity contribution in [2.24, 2.45) is 0 Å². The summed E-state index contributed by atoms with van der Waals surface area (Å²) >= 11 is 0. The summed E-state index contributed by atoms with van der Waals surface area (Å²) in [6, 6.07) is -0.254. The third-order valence-electron chi connectivity index (χ3n) is 5.26. The average molecular weight is 460 g/mol. The van der Waals surface area contributed by atoms with Crippen LogP contribution in [0.4, 0.5) is 4.79 Å². The molecule has 0 atom stereocenters. The second-order valence-electron chi connectivity index (χ2n) is 7.94. The van der Waals surface area contributed by atoms with Gasteiger partial charge < -0.3 is 25.5 Å². The minimum atomic E-state index is -1.00. The van der Waals surface area contributed by atoms with Crippen LogP contribution in [0.2, 0.25) is 0 Å². The SMILES string of the molecule is CCCCCNC(=O)N1CCN(CC(=O)O)CCN(CC(=O)O)CCN(CC(=O)O)CC1. The van der Waals surface area contributed by atoms with Crippen LogP contribution in [0, 0.1) is 0 Å². The number of carbonyl (C=O) groups is 4. The third kappa shape index (κ3) is 12.4. The number of rotatable bonds is 10. The number of carboxylic acids is 3. The van der Waals surface area contributed by atoms with Crippen LogP contribution >= 0.6 is 0 Å². The fraction of sp³-hybridized carbons (Fsp3) is 0.800. The van der Waals surface area contributed by atoms with E-state index in [0.29, 0.717) is 45.8 Å². The maximum atomic E-state index is 12.7. The number of amides is 2. The Morgan fingerprint density at radius 1 is 0.656 bits per heavy atom. The second kappa shape index (κ2) is 15.4. The Labute approximate surface area is 188 Å². The van der Waals surface area contributed by atoms with E-state index < -0.39 is 17.9 Å². The standard InChI is InChI=1S/C20H37N5O7/c1-2-3-4-5-21-20(32)25-12-10-23(15-18(28)29)8-6-22(14-17(26)27)7-9-24(11-13-25)16-19(30)31/h2-16H2,1H3,(H,21,32)(H,26,27)(H,28,29)(H,30,31). The Bertz CT molecular complexity index is 587. The van der Waals surface area contributed by atoms with Crippen molar-refractivity contribution in [3.63, 3.8) is 0 Å². The molecule has 1 aliphatic heterocycles. The lowest BCUT2D eigenvalue weighted by molar-refractivity contribution is -0.140. The molecule has 4 N–H and O–H groups in total. The van der Waals surface area contributed by atoms with Gasteiger partial charge in [0.1, 0.15) is 0 Å². The van der Waals surface area contributed by atoms with Gasteiger partial charge in [-0.15, -0.1) is 0 Å². The van der Waals surface area contributed by atoms with E-state index in [1.54, 1.807) is 19.6 Å². The van der Waals surface area contributed by atoms with Gasteiger partial charge in [-0.05, 0) is 6.42 Å². The lowest BCUT2D eigenvalue weighted by Gasteiger charge is -2.33. The van der Waals surface area contributed by atoms with Crippen molar-refractivity contribution >= 4 is 23.9 Å². The lowest BCUT2D eigenvalue weighted by Crippen LogP contribution is -2.51. The fourth-order valence-corrected chi connectivity index (χ4v) is 3.47. The molecule has 0 aromatic heterocycles. The van der Waals surface area contributed by atoms with E-state index in [4.69, 9.17) is 5.11 Å². The van der Waals surface area contributed by atoms with Gasteiger partial charge >= 0.3 is 23.9 Å². The van der Waals surface area contributed by atoms with Crippen LogP contribution in [0.1, 0.15) is 26.2 Å². The number of unbranched alkanes of at least 4 members (excludes halogenated alkanes) is 2. The minimum Gasteiger partial charge on any atom is -0.480 e. The van der Waals surface area contributed by atoms with Crippen LogP contribution in [-0.4, -0.2) is 137 Å². The molecule has 0 radical (unpaired) electrons. The van der Waals surface area contributed by atoms with Crippen molar-refractivity contribution in [2.45, 2.75) is 26.2 Å². The second-order valence-corrected chi connectivity index (χ2v) is 7.94. The van der Waals surface area contributed by atoms with Crippen molar-refractivity contribution in [2.75, 3.05) is 78.5 Å². The average Bonchev–Trinajstić information content (AvgIpc) is 2.70. The van der Waals surface area contributed by atoms with Gasteiger partial charge in [-0.1, -0.05) is 19.8 Å². The van der Waals surface area contributed by atoms with Crippen molar-refractivity contribution < 1.29 is 34.5 Å².